The summed E-state index contributed by atoms with van der Waals surface area (Å²) in [5, 5.41) is 41.6. The summed E-state index contributed by atoms with van der Waals surface area (Å²) in [6.07, 6.45) is 0. The minimum Gasteiger partial charge on any atom is -0.481 e. The monoisotopic (exact) mass is 408 g/mol. The van der Waals surface area contributed by atoms with E-state index in [-0.39, 0.29) is 0 Å². The molecule has 0 aliphatic rings. The van der Waals surface area contributed by atoms with Crippen LogP contribution in [0.5, 0.6) is 0 Å². The third-order valence-corrected chi connectivity index (χ3v) is 17.6. The maximum Gasteiger partial charge on any atom is 0.336 e. The van der Waals surface area contributed by atoms with E-state index in [1.165, 1.54) is 0 Å². The summed E-state index contributed by atoms with van der Waals surface area (Å²) in [6.45, 7) is 15.1. The Bertz CT molecular complexity index is 555. The fourth-order valence-electron chi connectivity index (χ4n) is 4.75. The Morgan fingerprint density at radius 1 is 0.720 bits per heavy atom. The topological polar surface area (TPSA) is 132 Å². The molecular weight excluding hydrogens is 376 g/mol. The predicted octanol–water partition coefficient (Wildman–Crippen LogP) is 2.64. The van der Waals surface area contributed by atoms with Crippen LogP contribution >= 0.6 is 0 Å². The van der Waals surface area contributed by atoms with Crippen molar-refractivity contribution in [2.45, 2.75) is 74.7 Å². The van der Waals surface area contributed by atoms with Crippen LogP contribution in [0.1, 0.15) is 0 Å². The fourth-order valence-corrected chi connectivity index (χ4v) is 20.4. The van der Waals surface area contributed by atoms with Gasteiger partial charge in [-0.3, -0.25) is 9.59 Å². The van der Waals surface area contributed by atoms with E-state index in [9.17, 15) is 34.8 Å². The van der Waals surface area contributed by atoms with Gasteiger partial charge in [-0.05, 0) is 0 Å². The molecule has 4 N–H and O–H groups in total. The Morgan fingerprint density at radius 3 is 1.16 bits per heavy atom. The quantitative estimate of drug-likeness (QED) is 0.454. The van der Waals surface area contributed by atoms with Crippen molar-refractivity contribution in [3.63, 3.8) is 0 Å². The van der Waals surface area contributed by atoms with Gasteiger partial charge in [0, 0.05) is 0 Å². The molecular formula is C15H32O7Si3. The lowest BCUT2D eigenvalue weighted by Gasteiger charge is -2.58. The molecule has 0 amide bonds. The zero-order valence-electron chi connectivity index (χ0n) is 16.6. The van der Waals surface area contributed by atoms with Crippen LogP contribution in [0.3, 0.4) is 0 Å². The smallest absolute Gasteiger partial charge is 0.336 e. The van der Waals surface area contributed by atoms with E-state index < -0.39 is 57.9 Å². The van der Waals surface area contributed by atoms with Crippen LogP contribution < -0.4 is 0 Å². The molecule has 0 fully saturated rings. The standard InChI is InChI=1S/C15H32O7Si3/c1-23(2,3)10(11(16)17)14(22,12(18)19)15(13(20)21,24(4,5)6)25(7,8)9/h10,22H,1-9H3,(H,16,17)(H,18,19)(H,20,21). The molecule has 0 aliphatic carbocycles. The first kappa shape index (κ1) is 24.0. The molecule has 0 aromatic heterocycles. The number of hydrogen-bond acceptors (Lipinski definition) is 4. The van der Waals surface area contributed by atoms with Crippen LogP contribution in [0, 0.1) is 0 Å². The number of aliphatic carboxylic acids is 3. The van der Waals surface area contributed by atoms with Crippen LogP contribution in [0.4, 0.5) is 0 Å². The van der Waals surface area contributed by atoms with Crippen molar-refractivity contribution < 1.29 is 34.8 Å². The molecule has 0 radical (unpaired) electrons. The molecule has 25 heavy (non-hydrogen) atoms. The van der Waals surface area contributed by atoms with Gasteiger partial charge in [0.05, 0.1) is 34.4 Å². The van der Waals surface area contributed by atoms with Crippen LogP contribution in [-0.4, -0.2) is 68.2 Å². The number of carboxylic acid groups (broad SMARTS) is 3. The van der Waals surface area contributed by atoms with Gasteiger partial charge in [-0.15, -0.1) is 0 Å². The van der Waals surface area contributed by atoms with Crippen molar-refractivity contribution in [3.05, 3.63) is 0 Å². The number of aliphatic hydroxyl groups is 1. The molecule has 0 aromatic rings. The molecule has 0 spiro atoms. The maximum absolute atomic E-state index is 12.6. The van der Waals surface area contributed by atoms with E-state index in [0.717, 1.165) is 0 Å². The first-order valence-corrected chi connectivity index (χ1v) is 18.7. The number of carbonyl (C=O) groups is 3. The Morgan fingerprint density at radius 2 is 1.04 bits per heavy atom. The van der Waals surface area contributed by atoms with Gasteiger partial charge >= 0.3 is 17.9 Å². The summed E-state index contributed by atoms with van der Waals surface area (Å²) in [7, 11) is -8.67. The Kier molecular flexibility index (Phi) is 6.37. The summed E-state index contributed by atoms with van der Waals surface area (Å²) in [6, 6.07) is 0. The molecule has 0 saturated carbocycles. The van der Waals surface area contributed by atoms with Gasteiger partial charge in [-0.1, -0.05) is 58.9 Å². The average molecular weight is 409 g/mol. The molecule has 0 bridgehead atoms. The minimum absolute atomic E-state index is 1.40. The van der Waals surface area contributed by atoms with Crippen LogP contribution in [0.2, 0.25) is 69.1 Å². The van der Waals surface area contributed by atoms with Gasteiger partial charge in [0.25, 0.3) is 0 Å². The maximum atomic E-state index is 12.6. The highest BCUT2D eigenvalue weighted by Gasteiger charge is 2.76. The van der Waals surface area contributed by atoms with Crippen molar-refractivity contribution >= 4 is 42.1 Å². The summed E-state index contributed by atoms with van der Waals surface area (Å²) in [5.74, 6) is -4.61. The van der Waals surface area contributed by atoms with Crippen LogP contribution in [-0.2, 0) is 14.4 Å². The van der Waals surface area contributed by atoms with E-state index >= 15 is 0 Å². The molecule has 2 unspecified atom stereocenters. The van der Waals surface area contributed by atoms with E-state index in [2.05, 4.69) is 0 Å². The third kappa shape index (κ3) is 3.49. The van der Waals surface area contributed by atoms with Crippen LogP contribution in [0.15, 0.2) is 0 Å². The van der Waals surface area contributed by atoms with Gasteiger partial charge in [-0.25, -0.2) is 4.79 Å². The van der Waals surface area contributed by atoms with Gasteiger partial charge in [0.1, 0.15) is 0 Å². The minimum atomic E-state index is -2.93. The molecule has 7 nitrogen and oxygen atoms in total. The summed E-state index contributed by atoms with van der Waals surface area (Å²) < 4.78 is -1.98. The zero-order chi connectivity index (χ0) is 20.8. The molecule has 0 heterocycles. The molecule has 10 heteroatoms. The second-order valence-electron chi connectivity index (χ2n) is 9.76. The second kappa shape index (κ2) is 6.63. The fraction of sp³-hybridized carbons (Fsp3) is 0.800. The van der Waals surface area contributed by atoms with Crippen LogP contribution in [0.25, 0.3) is 0 Å². The largest absolute Gasteiger partial charge is 0.481 e. The highest BCUT2D eigenvalue weighted by molar-refractivity contribution is 7.03. The summed E-state index contributed by atoms with van der Waals surface area (Å²) in [5.41, 5.74) is -4.52. The Balaban J connectivity index is 7.51. The number of hydrogen-bond donors (Lipinski definition) is 4. The lowest BCUT2D eigenvalue weighted by atomic mass is 9.93. The van der Waals surface area contributed by atoms with Crippen molar-refractivity contribution in [1.29, 1.82) is 0 Å². The van der Waals surface area contributed by atoms with E-state index in [0.29, 0.717) is 0 Å². The SMILES string of the molecule is C[Si](C)(C)C(C(=O)O)C(O)(C(=O)O)C(C(=O)O)([Si](C)(C)C)[Si](C)(C)C. The first-order valence-electron chi connectivity index (χ1n) is 8.12. The normalized spacial score (nSPS) is 17.5. The third-order valence-electron chi connectivity index (χ3n) is 5.00. The highest BCUT2D eigenvalue weighted by atomic mass is 28.4. The average Bonchev–Trinajstić information content (AvgIpc) is 2.20. The molecule has 0 saturated heterocycles. The predicted molar refractivity (Wildman–Crippen MR) is 104 cm³/mol. The van der Waals surface area contributed by atoms with Gasteiger partial charge < -0.3 is 20.4 Å². The Hall–Kier alpha value is -0.979. The van der Waals surface area contributed by atoms with Crippen molar-refractivity contribution in [2.75, 3.05) is 0 Å². The number of carboxylic acids is 3. The summed E-state index contributed by atoms with van der Waals surface area (Å²) in [4.78, 5) is 37.0. The first-order chi connectivity index (χ1) is 10.7. The lowest BCUT2D eigenvalue weighted by Crippen LogP contribution is -2.75. The van der Waals surface area contributed by atoms with Gasteiger partial charge in [-0.2, -0.15) is 0 Å². The molecule has 0 rings (SSSR count). The number of rotatable bonds is 8. The highest BCUT2D eigenvalue weighted by Crippen LogP contribution is 2.60. The second-order valence-corrected chi connectivity index (χ2v) is 26.1. The van der Waals surface area contributed by atoms with Crippen molar-refractivity contribution in [1.82, 2.24) is 0 Å². The zero-order valence-corrected chi connectivity index (χ0v) is 19.6. The van der Waals surface area contributed by atoms with E-state index in [4.69, 9.17) is 0 Å². The van der Waals surface area contributed by atoms with Gasteiger partial charge in [0.15, 0.2) is 5.60 Å². The van der Waals surface area contributed by atoms with E-state index in [1.807, 2.05) is 0 Å². The van der Waals surface area contributed by atoms with Crippen molar-refractivity contribution in [2.24, 2.45) is 0 Å². The molecule has 0 aliphatic heterocycles. The van der Waals surface area contributed by atoms with E-state index in [1.54, 1.807) is 58.9 Å². The van der Waals surface area contributed by atoms with Crippen molar-refractivity contribution in [3.8, 4) is 0 Å². The lowest BCUT2D eigenvalue weighted by molar-refractivity contribution is -0.173. The summed E-state index contributed by atoms with van der Waals surface area (Å²) >= 11 is 0. The molecule has 146 valence electrons. The molecule has 0 aromatic carbocycles. The molecule has 2 atom stereocenters. The van der Waals surface area contributed by atoms with Gasteiger partial charge in [0.2, 0.25) is 0 Å². The Labute approximate surface area is 152 Å².